The zero-order valence-electron chi connectivity index (χ0n) is 12.2. The number of esters is 1. The summed E-state index contributed by atoms with van der Waals surface area (Å²) in [5.74, 6) is 0.770. The number of hydrogen-bond acceptors (Lipinski definition) is 3. The first kappa shape index (κ1) is 12.9. The molecule has 0 bridgehead atoms. The molecular formula is C17H20N2O2. The predicted octanol–water partition coefficient (Wildman–Crippen LogP) is 2.35. The molecule has 110 valence electrons. The summed E-state index contributed by atoms with van der Waals surface area (Å²) in [6.45, 7) is 0.909. The van der Waals surface area contributed by atoms with Gasteiger partial charge in [-0.2, -0.15) is 0 Å². The summed E-state index contributed by atoms with van der Waals surface area (Å²) < 4.78 is 4.82. The van der Waals surface area contributed by atoms with Gasteiger partial charge in [0.1, 0.15) is 0 Å². The van der Waals surface area contributed by atoms with Gasteiger partial charge in [0.25, 0.3) is 0 Å². The van der Waals surface area contributed by atoms with Crippen molar-refractivity contribution in [2.75, 3.05) is 13.7 Å². The van der Waals surface area contributed by atoms with Crippen LogP contribution in [0, 0.1) is 5.92 Å². The van der Waals surface area contributed by atoms with E-state index < -0.39 is 0 Å². The molecule has 4 nitrogen and oxygen atoms in total. The van der Waals surface area contributed by atoms with Gasteiger partial charge in [0.2, 0.25) is 0 Å². The van der Waals surface area contributed by atoms with Gasteiger partial charge in [-0.05, 0) is 42.5 Å². The Morgan fingerprint density at radius 2 is 2.33 bits per heavy atom. The van der Waals surface area contributed by atoms with E-state index in [1.54, 1.807) is 0 Å². The molecule has 2 aromatic rings. The van der Waals surface area contributed by atoms with Crippen molar-refractivity contribution >= 4 is 16.9 Å². The lowest BCUT2D eigenvalue weighted by atomic mass is 9.73. The molecule has 1 aliphatic heterocycles. The van der Waals surface area contributed by atoms with Crippen molar-refractivity contribution in [3.05, 3.63) is 35.5 Å². The van der Waals surface area contributed by atoms with Crippen LogP contribution in [0.25, 0.3) is 10.9 Å². The van der Waals surface area contributed by atoms with E-state index >= 15 is 0 Å². The number of ether oxygens (including phenoxy) is 1. The standard InChI is InChI=1S/C17H20N2O2/c1-21-16(20)6-10-5-13-12-3-2-4-14-17(12)11(9-19-14)7-15(13)18-8-10/h2-4,9-10,13,15,18-19H,5-8H2,1H3/t10-,13+,15+/m0/s1. The van der Waals surface area contributed by atoms with Crippen LogP contribution in [0.2, 0.25) is 0 Å². The van der Waals surface area contributed by atoms with Gasteiger partial charge in [0, 0.05) is 35.5 Å². The molecule has 0 saturated carbocycles. The maximum Gasteiger partial charge on any atom is 0.305 e. The average Bonchev–Trinajstić information content (AvgIpc) is 2.92. The fraction of sp³-hybridized carbons (Fsp3) is 0.471. The molecule has 0 unspecified atom stereocenters. The first-order valence-electron chi connectivity index (χ1n) is 7.65. The van der Waals surface area contributed by atoms with E-state index in [0.717, 1.165) is 19.4 Å². The van der Waals surface area contributed by atoms with Gasteiger partial charge in [0.05, 0.1) is 7.11 Å². The second-order valence-corrected chi connectivity index (χ2v) is 6.29. The molecule has 0 spiro atoms. The lowest BCUT2D eigenvalue weighted by Gasteiger charge is -2.40. The normalized spacial score (nSPS) is 27.4. The van der Waals surface area contributed by atoms with E-state index in [1.165, 1.54) is 29.1 Å². The molecule has 1 aromatic carbocycles. The van der Waals surface area contributed by atoms with Crippen molar-refractivity contribution in [2.24, 2.45) is 5.92 Å². The van der Waals surface area contributed by atoms with Crippen LogP contribution in [-0.2, 0) is 16.0 Å². The number of carbonyl (C=O) groups excluding carboxylic acids is 1. The van der Waals surface area contributed by atoms with E-state index in [4.69, 9.17) is 4.74 Å². The highest BCUT2D eigenvalue weighted by Crippen LogP contribution is 2.42. The molecule has 4 rings (SSSR count). The lowest BCUT2D eigenvalue weighted by molar-refractivity contribution is -0.141. The van der Waals surface area contributed by atoms with E-state index in [2.05, 4.69) is 34.7 Å². The van der Waals surface area contributed by atoms with Crippen LogP contribution in [0.5, 0.6) is 0 Å². The van der Waals surface area contributed by atoms with Crippen molar-refractivity contribution in [3.8, 4) is 0 Å². The van der Waals surface area contributed by atoms with Crippen molar-refractivity contribution < 1.29 is 9.53 Å². The minimum absolute atomic E-state index is 0.100. The van der Waals surface area contributed by atoms with Gasteiger partial charge in [-0.15, -0.1) is 0 Å². The zero-order valence-corrected chi connectivity index (χ0v) is 12.2. The fourth-order valence-corrected chi connectivity index (χ4v) is 4.09. The molecule has 1 saturated heterocycles. The second kappa shape index (κ2) is 4.88. The minimum Gasteiger partial charge on any atom is -0.469 e. The summed E-state index contributed by atoms with van der Waals surface area (Å²) in [5.41, 5.74) is 4.08. The Bertz CT molecular complexity index is 691. The molecule has 1 aliphatic carbocycles. The van der Waals surface area contributed by atoms with Crippen LogP contribution in [0.15, 0.2) is 24.4 Å². The van der Waals surface area contributed by atoms with Gasteiger partial charge >= 0.3 is 5.97 Å². The molecule has 2 heterocycles. The van der Waals surface area contributed by atoms with Crippen molar-refractivity contribution in [3.63, 3.8) is 0 Å². The van der Waals surface area contributed by atoms with Crippen LogP contribution >= 0.6 is 0 Å². The lowest BCUT2D eigenvalue weighted by Crippen LogP contribution is -2.47. The number of aromatic nitrogens is 1. The topological polar surface area (TPSA) is 54.1 Å². The number of hydrogen-bond donors (Lipinski definition) is 2. The van der Waals surface area contributed by atoms with E-state index in [1.807, 2.05) is 0 Å². The number of piperidine rings is 1. The van der Waals surface area contributed by atoms with Crippen molar-refractivity contribution in [1.29, 1.82) is 0 Å². The highest BCUT2D eigenvalue weighted by atomic mass is 16.5. The number of aromatic amines is 1. The Kier molecular flexibility index (Phi) is 3.00. The number of benzene rings is 1. The third-order valence-corrected chi connectivity index (χ3v) is 5.08. The zero-order chi connectivity index (χ0) is 14.4. The number of carbonyl (C=O) groups is 1. The molecule has 2 aliphatic rings. The first-order valence-corrected chi connectivity index (χ1v) is 7.65. The molecule has 1 aromatic heterocycles. The van der Waals surface area contributed by atoms with Gasteiger partial charge < -0.3 is 15.0 Å². The number of methoxy groups -OCH3 is 1. The quantitative estimate of drug-likeness (QED) is 0.832. The smallest absolute Gasteiger partial charge is 0.305 e. The van der Waals surface area contributed by atoms with Gasteiger partial charge in [-0.3, -0.25) is 4.79 Å². The third-order valence-electron chi connectivity index (χ3n) is 5.08. The van der Waals surface area contributed by atoms with Gasteiger partial charge in [-0.25, -0.2) is 0 Å². The van der Waals surface area contributed by atoms with E-state index in [9.17, 15) is 4.79 Å². The number of rotatable bonds is 2. The monoisotopic (exact) mass is 284 g/mol. The SMILES string of the molecule is COC(=O)C[C@H]1CN[C@@H]2Cc3c[nH]c4cccc(c34)[C@H]2C1. The highest BCUT2D eigenvalue weighted by molar-refractivity contribution is 5.88. The Morgan fingerprint density at radius 3 is 3.19 bits per heavy atom. The Balaban J connectivity index is 1.66. The van der Waals surface area contributed by atoms with E-state index in [-0.39, 0.29) is 5.97 Å². The minimum atomic E-state index is -0.100. The third kappa shape index (κ3) is 2.05. The van der Waals surface area contributed by atoms with Crippen molar-refractivity contribution in [1.82, 2.24) is 10.3 Å². The number of nitrogens with one attached hydrogen (secondary N) is 2. The number of fused-ring (bicyclic) bond motifs is 2. The van der Waals surface area contributed by atoms with Crippen LogP contribution in [0.4, 0.5) is 0 Å². The fourth-order valence-electron chi connectivity index (χ4n) is 4.09. The molecule has 0 radical (unpaired) electrons. The first-order chi connectivity index (χ1) is 10.3. The second-order valence-electron chi connectivity index (χ2n) is 6.29. The largest absolute Gasteiger partial charge is 0.469 e. The maximum atomic E-state index is 11.5. The van der Waals surface area contributed by atoms with Crippen molar-refractivity contribution in [2.45, 2.75) is 31.2 Å². The summed E-state index contributed by atoms with van der Waals surface area (Å²) in [6.07, 6.45) is 4.80. The average molecular weight is 284 g/mol. The molecule has 21 heavy (non-hydrogen) atoms. The molecule has 4 heteroatoms. The predicted molar refractivity (Wildman–Crippen MR) is 81.3 cm³/mol. The summed E-state index contributed by atoms with van der Waals surface area (Å²) >= 11 is 0. The van der Waals surface area contributed by atoms with Crippen LogP contribution in [0.1, 0.15) is 29.9 Å². The number of H-pyrrole nitrogens is 1. The molecule has 2 N–H and O–H groups in total. The summed E-state index contributed by atoms with van der Waals surface area (Å²) in [7, 11) is 1.47. The Labute approximate surface area is 123 Å². The molecular weight excluding hydrogens is 264 g/mol. The molecule has 0 amide bonds. The van der Waals surface area contributed by atoms with Crippen LogP contribution < -0.4 is 5.32 Å². The van der Waals surface area contributed by atoms with Gasteiger partial charge in [-0.1, -0.05) is 12.1 Å². The van der Waals surface area contributed by atoms with E-state index in [0.29, 0.717) is 24.3 Å². The van der Waals surface area contributed by atoms with Crippen LogP contribution in [0.3, 0.4) is 0 Å². The summed E-state index contributed by atoms with van der Waals surface area (Å²) in [6, 6.07) is 7.01. The summed E-state index contributed by atoms with van der Waals surface area (Å²) in [4.78, 5) is 14.9. The molecule has 1 fully saturated rings. The Hall–Kier alpha value is -1.81. The maximum absolute atomic E-state index is 11.5. The van der Waals surface area contributed by atoms with Crippen LogP contribution in [-0.4, -0.2) is 30.6 Å². The van der Waals surface area contributed by atoms with Gasteiger partial charge in [0.15, 0.2) is 0 Å². The highest BCUT2D eigenvalue weighted by Gasteiger charge is 2.36. The molecule has 3 atom stereocenters. The Morgan fingerprint density at radius 1 is 1.43 bits per heavy atom. The summed E-state index contributed by atoms with van der Waals surface area (Å²) in [5, 5.41) is 5.05.